The Morgan fingerprint density at radius 2 is 2.08 bits per heavy atom. The second kappa shape index (κ2) is 7.44. The van der Waals surface area contributed by atoms with Gasteiger partial charge in [0.2, 0.25) is 5.82 Å². The molecule has 0 amide bonds. The maximum Gasteiger partial charge on any atom is 0.344 e. The fourth-order valence-electron chi connectivity index (χ4n) is 3.17. The zero-order chi connectivity index (χ0) is 16.9. The van der Waals surface area contributed by atoms with Gasteiger partial charge in [0.1, 0.15) is 0 Å². The summed E-state index contributed by atoms with van der Waals surface area (Å²) < 4.78 is 1.15. The highest BCUT2D eigenvalue weighted by molar-refractivity contribution is 5.31. The lowest BCUT2D eigenvalue weighted by Gasteiger charge is -2.33. The maximum atomic E-state index is 12.3. The van der Waals surface area contributed by atoms with E-state index in [2.05, 4.69) is 32.5 Å². The molecule has 1 aromatic heterocycles. The molecule has 7 heteroatoms. The van der Waals surface area contributed by atoms with E-state index in [9.17, 15) is 9.59 Å². The molecule has 2 N–H and O–H groups in total. The fraction of sp³-hybridized carbons (Fsp3) is 0.471. The van der Waals surface area contributed by atoms with Crippen molar-refractivity contribution >= 4 is 5.82 Å². The quantitative estimate of drug-likeness (QED) is 0.856. The predicted molar refractivity (Wildman–Crippen MR) is 93.2 cm³/mol. The average molecular weight is 329 g/mol. The van der Waals surface area contributed by atoms with Crippen LogP contribution in [-0.2, 0) is 13.1 Å². The summed E-state index contributed by atoms with van der Waals surface area (Å²) in [6, 6.07) is 10.5. The summed E-state index contributed by atoms with van der Waals surface area (Å²) >= 11 is 0. The number of piperidine rings is 1. The summed E-state index contributed by atoms with van der Waals surface area (Å²) in [5.74, 6) is 0.225. The Morgan fingerprint density at radius 3 is 2.83 bits per heavy atom. The van der Waals surface area contributed by atoms with E-state index in [-0.39, 0.29) is 17.4 Å². The minimum absolute atomic E-state index is 0.152. The molecular formula is C17H23N5O2. The monoisotopic (exact) mass is 329 g/mol. The molecule has 128 valence electrons. The van der Waals surface area contributed by atoms with Crippen LogP contribution in [0.5, 0.6) is 0 Å². The van der Waals surface area contributed by atoms with Gasteiger partial charge in [0, 0.05) is 25.7 Å². The molecule has 0 spiro atoms. The van der Waals surface area contributed by atoms with Crippen molar-refractivity contribution in [1.82, 2.24) is 19.7 Å². The summed E-state index contributed by atoms with van der Waals surface area (Å²) in [5.41, 5.74) is 0.456. The number of benzene rings is 1. The first-order valence-electron chi connectivity index (χ1n) is 8.39. The van der Waals surface area contributed by atoms with Crippen LogP contribution in [-0.4, -0.2) is 38.8 Å². The van der Waals surface area contributed by atoms with Crippen LogP contribution in [0.4, 0.5) is 5.82 Å². The topological polar surface area (TPSA) is 83.0 Å². The molecule has 0 unspecified atom stereocenters. The van der Waals surface area contributed by atoms with Crippen LogP contribution < -0.4 is 16.6 Å². The van der Waals surface area contributed by atoms with Crippen LogP contribution in [0.25, 0.3) is 0 Å². The third kappa shape index (κ3) is 3.73. The lowest BCUT2D eigenvalue weighted by Crippen LogP contribution is -2.44. The van der Waals surface area contributed by atoms with Gasteiger partial charge >= 0.3 is 5.69 Å². The van der Waals surface area contributed by atoms with Gasteiger partial charge in [-0.3, -0.25) is 14.3 Å². The average Bonchev–Trinajstić information content (AvgIpc) is 2.59. The first kappa shape index (κ1) is 16.4. The Hall–Kier alpha value is -2.41. The third-order valence-electron chi connectivity index (χ3n) is 4.37. The first-order chi connectivity index (χ1) is 11.7. The van der Waals surface area contributed by atoms with E-state index in [1.165, 1.54) is 5.56 Å². The summed E-state index contributed by atoms with van der Waals surface area (Å²) in [6.45, 7) is 4.89. The highest BCUT2D eigenvalue weighted by Gasteiger charge is 2.21. The Kier molecular flexibility index (Phi) is 5.10. The minimum Gasteiger partial charge on any atom is -0.360 e. The Morgan fingerprint density at radius 1 is 1.29 bits per heavy atom. The van der Waals surface area contributed by atoms with Crippen LogP contribution in [0.1, 0.15) is 25.3 Å². The van der Waals surface area contributed by atoms with Gasteiger partial charge in [0.05, 0.1) is 0 Å². The highest BCUT2D eigenvalue weighted by atomic mass is 16.2. The number of aromatic nitrogens is 3. The van der Waals surface area contributed by atoms with E-state index in [1.807, 2.05) is 18.2 Å². The van der Waals surface area contributed by atoms with Gasteiger partial charge in [-0.15, -0.1) is 5.10 Å². The molecule has 1 aliphatic rings. The smallest absolute Gasteiger partial charge is 0.344 e. The molecule has 1 fully saturated rings. The normalized spacial score (nSPS) is 18.5. The minimum atomic E-state index is -0.470. The molecular weight excluding hydrogens is 306 g/mol. The number of hydrogen-bond donors (Lipinski definition) is 2. The van der Waals surface area contributed by atoms with Crippen molar-refractivity contribution in [3.05, 3.63) is 56.7 Å². The van der Waals surface area contributed by atoms with Gasteiger partial charge in [-0.1, -0.05) is 30.3 Å². The van der Waals surface area contributed by atoms with Crippen LogP contribution in [0.15, 0.2) is 39.9 Å². The SMILES string of the molecule is CCn1c(=O)[nH]nc(N[C@@H]2CCCN(Cc3ccccc3)C2)c1=O. The van der Waals surface area contributed by atoms with Gasteiger partial charge in [0.15, 0.2) is 0 Å². The summed E-state index contributed by atoms with van der Waals surface area (Å²) in [4.78, 5) is 26.2. The van der Waals surface area contributed by atoms with E-state index in [1.54, 1.807) is 6.92 Å². The van der Waals surface area contributed by atoms with Crippen molar-refractivity contribution in [3.8, 4) is 0 Å². The lowest BCUT2D eigenvalue weighted by atomic mass is 10.0. The van der Waals surface area contributed by atoms with E-state index in [4.69, 9.17) is 0 Å². The van der Waals surface area contributed by atoms with Gasteiger partial charge in [-0.25, -0.2) is 9.89 Å². The van der Waals surface area contributed by atoms with Crippen LogP contribution in [0.2, 0.25) is 0 Å². The molecule has 7 nitrogen and oxygen atoms in total. The highest BCUT2D eigenvalue weighted by Crippen LogP contribution is 2.15. The van der Waals surface area contributed by atoms with Crippen molar-refractivity contribution in [2.75, 3.05) is 18.4 Å². The largest absolute Gasteiger partial charge is 0.360 e. The van der Waals surface area contributed by atoms with Crippen molar-refractivity contribution in [1.29, 1.82) is 0 Å². The Labute approximate surface area is 140 Å². The third-order valence-corrected chi connectivity index (χ3v) is 4.37. The fourth-order valence-corrected chi connectivity index (χ4v) is 3.17. The molecule has 0 bridgehead atoms. The van der Waals surface area contributed by atoms with E-state index >= 15 is 0 Å². The number of nitrogens with zero attached hydrogens (tertiary/aromatic N) is 3. The molecule has 1 aliphatic heterocycles. The van der Waals surface area contributed by atoms with E-state index in [0.717, 1.165) is 37.0 Å². The lowest BCUT2D eigenvalue weighted by molar-refractivity contribution is 0.208. The molecule has 24 heavy (non-hydrogen) atoms. The summed E-state index contributed by atoms with van der Waals surface area (Å²) in [5, 5.41) is 9.48. The van der Waals surface area contributed by atoms with Crippen molar-refractivity contribution < 1.29 is 0 Å². The number of rotatable bonds is 5. The van der Waals surface area contributed by atoms with Crippen molar-refractivity contribution in [3.63, 3.8) is 0 Å². The van der Waals surface area contributed by atoms with Gasteiger partial charge in [-0.05, 0) is 31.9 Å². The Balaban J connectivity index is 1.68. The van der Waals surface area contributed by atoms with Crippen molar-refractivity contribution in [2.45, 2.75) is 38.9 Å². The molecule has 3 rings (SSSR count). The second-order valence-corrected chi connectivity index (χ2v) is 6.13. The molecule has 2 heterocycles. The summed E-state index contributed by atoms with van der Waals surface area (Å²) in [7, 11) is 0. The number of nitrogens with one attached hydrogen (secondary N) is 2. The molecule has 0 saturated carbocycles. The van der Waals surface area contributed by atoms with E-state index < -0.39 is 5.69 Å². The summed E-state index contributed by atoms with van der Waals surface area (Å²) in [6.07, 6.45) is 2.05. The Bertz CT molecular complexity index is 784. The van der Waals surface area contributed by atoms with E-state index in [0.29, 0.717) is 6.54 Å². The molecule has 0 aliphatic carbocycles. The van der Waals surface area contributed by atoms with Crippen molar-refractivity contribution in [2.24, 2.45) is 0 Å². The standard InChI is InChI=1S/C17H23N5O2/c1-2-22-16(23)15(19-20-17(22)24)18-14-9-6-10-21(12-14)11-13-7-4-3-5-8-13/h3-5,7-8,14H,2,6,9-12H2,1H3,(H,18,19)(H,20,24)/t14-/m1/s1. The molecule has 1 atom stereocenters. The molecule has 1 saturated heterocycles. The second-order valence-electron chi connectivity index (χ2n) is 6.13. The number of H-pyrrole nitrogens is 1. The van der Waals surface area contributed by atoms with Crippen LogP contribution in [0.3, 0.4) is 0 Å². The van der Waals surface area contributed by atoms with Crippen LogP contribution >= 0.6 is 0 Å². The van der Waals surface area contributed by atoms with Gasteiger partial charge in [-0.2, -0.15) is 0 Å². The molecule has 0 radical (unpaired) electrons. The molecule has 1 aromatic carbocycles. The number of aromatic amines is 1. The van der Waals surface area contributed by atoms with Crippen LogP contribution in [0, 0.1) is 0 Å². The van der Waals surface area contributed by atoms with Gasteiger partial charge in [0.25, 0.3) is 5.56 Å². The predicted octanol–water partition coefficient (Wildman–Crippen LogP) is 1.03. The number of likely N-dealkylation sites (tertiary alicyclic amines) is 1. The number of hydrogen-bond acceptors (Lipinski definition) is 5. The maximum absolute atomic E-state index is 12.3. The zero-order valence-electron chi connectivity index (χ0n) is 13.9. The first-order valence-corrected chi connectivity index (χ1v) is 8.39. The number of anilines is 1. The molecule has 2 aromatic rings. The zero-order valence-corrected chi connectivity index (χ0v) is 13.9. The van der Waals surface area contributed by atoms with Gasteiger partial charge < -0.3 is 5.32 Å².